The molecule has 0 saturated carbocycles. The van der Waals surface area contributed by atoms with Crippen LogP contribution in [-0.4, -0.2) is 77.9 Å². The molecule has 1 unspecified atom stereocenters. The van der Waals surface area contributed by atoms with E-state index >= 15 is 0 Å². The SMILES string of the molecule is O=[N+]([O-])c1cc(S(=O)(=O)Nc2ncnc3cc(N4CCN(Cc5ccccc5-c5ccc(Cl)cc5)CC4)ccc23)ccc1NC(CCO)CSc1ccccc1. The van der Waals surface area contributed by atoms with E-state index in [1.807, 2.05) is 66.7 Å². The molecule has 1 fully saturated rings. The minimum Gasteiger partial charge on any atom is -0.396 e. The Morgan fingerprint density at radius 2 is 1.64 bits per heavy atom. The first kappa shape index (κ1) is 39.0. The summed E-state index contributed by atoms with van der Waals surface area (Å²) in [5.74, 6) is 0.597. The van der Waals surface area contributed by atoms with Crippen LogP contribution in [-0.2, 0) is 16.6 Å². The van der Waals surface area contributed by atoms with E-state index < -0.39 is 20.6 Å². The monoisotopic (exact) mass is 809 g/mol. The number of nitrogens with zero attached hydrogens (tertiary/aromatic N) is 5. The molecule has 12 nitrogen and oxygen atoms in total. The Bertz CT molecular complexity index is 2420. The van der Waals surface area contributed by atoms with Gasteiger partial charge in [0.2, 0.25) is 0 Å². The van der Waals surface area contributed by atoms with Crippen molar-refractivity contribution in [1.29, 1.82) is 0 Å². The standard InChI is InChI=1S/C41H40ClN7O5S2/c42-31-12-10-29(11-13-31)36-9-5-4-6-30(36)26-47-19-21-48(22-20-47)33-14-16-37-39(24-33)43-28-44-41(37)46-56(53,54)35-15-17-38(40(25-35)49(51)52)45-32(18-23-50)27-55-34-7-2-1-3-8-34/h1-17,24-25,28,32,45,50H,18-23,26-27H2,(H,43,44,46). The van der Waals surface area contributed by atoms with E-state index in [2.05, 4.69) is 54.1 Å². The molecular formula is C41H40ClN7O5S2. The fourth-order valence-electron chi connectivity index (χ4n) is 6.72. The summed E-state index contributed by atoms with van der Waals surface area (Å²) in [6.07, 6.45) is 1.64. The van der Waals surface area contributed by atoms with Crippen LogP contribution in [0.4, 0.5) is 22.9 Å². The number of aliphatic hydroxyl groups excluding tert-OH is 1. The molecule has 0 radical (unpaired) electrons. The highest BCUT2D eigenvalue weighted by Crippen LogP contribution is 2.33. The number of piperazine rings is 1. The van der Waals surface area contributed by atoms with Crippen LogP contribution >= 0.6 is 23.4 Å². The van der Waals surface area contributed by atoms with Crippen molar-refractivity contribution in [3.8, 4) is 11.1 Å². The maximum atomic E-state index is 13.6. The van der Waals surface area contributed by atoms with Crippen molar-refractivity contribution in [3.05, 3.63) is 142 Å². The fraction of sp³-hybridized carbons (Fsp3) is 0.220. The zero-order valence-corrected chi connectivity index (χ0v) is 32.7. The topological polar surface area (TPSA) is 154 Å². The molecule has 1 saturated heterocycles. The molecule has 56 heavy (non-hydrogen) atoms. The third kappa shape index (κ3) is 9.40. The van der Waals surface area contributed by atoms with E-state index in [0.29, 0.717) is 28.1 Å². The van der Waals surface area contributed by atoms with Crippen LogP contribution in [0.15, 0.2) is 131 Å². The number of hydrogen-bond donors (Lipinski definition) is 3. The lowest BCUT2D eigenvalue weighted by molar-refractivity contribution is -0.384. The van der Waals surface area contributed by atoms with E-state index in [-0.39, 0.29) is 29.0 Å². The number of nitro groups is 1. The quantitative estimate of drug-likeness (QED) is 0.0527. The van der Waals surface area contributed by atoms with Crippen LogP contribution in [0, 0.1) is 10.1 Å². The molecule has 1 aromatic heterocycles. The summed E-state index contributed by atoms with van der Waals surface area (Å²) in [7, 11) is -4.29. The molecule has 15 heteroatoms. The van der Waals surface area contributed by atoms with Gasteiger partial charge in [0, 0.05) is 78.2 Å². The van der Waals surface area contributed by atoms with Crippen molar-refractivity contribution >= 4 is 67.2 Å². The van der Waals surface area contributed by atoms with Crippen LogP contribution in [0.2, 0.25) is 5.02 Å². The summed E-state index contributed by atoms with van der Waals surface area (Å²) < 4.78 is 29.8. The van der Waals surface area contributed by atoms with E-state index in [4.69, 9.17) is 11.6 Å². The molecule has 2 heterocycles. The zero-order valence-electron chi connectivity index (χ0n) is 30.3. The summed E-state index contributed by atoms with van der Waals surface area (Å²) in [6, 6.07) is 35.1. The van der Waals surface area contributed by atoms with Gasteiger partial charge in [-0.15, -0.1) is 11.8 Å². The van der Waals surface area contributed by atoms with Crippen molar-refractivity contribution in [2.45, 2.75) is 28.8 Å². The number of anilines is 3. The second kappa shape index (κ2) is 17.7. The van der Waals surface area contributed by atoms with Gasteiger partial charge in [0.1, 0.15) is 12.0 Å². The summed E-state index contributed by atoms with van der Waals surface area (Å²) in [4.78, 5) is 25.6. The number of thioether (sulfide) groups is 1. The number of rotatable bonds is 15. The highest BCUT2D eigenvalue weighted by Gasteiger charge is 2.25. The summed E-state index contributed by atoms with van der Waals surface area (Å²) in [5.41, 5.74) is 4.86. The molecule has 0 spiro atoms. The van der Waals surface area contributed by atoms with Gasteiger partial charge in [-0.1, -0.05) is 66.2 Å². The van der Waals surface area contributed by atoms with Crippen LogP contribution < -0.4 is 14.9 Å². The Morgan fingerprint density at radius 3 is 2.39 bits per heavy atom. The molecule has 3 N–H and O–H groups in total. The van der Waals surface area contributed by atoms with Gasteiger partial charge in [0.25, 0.3) is 15.7 Å². The Morgan fingerprint density at radius 1 is 0.893 bits per heavy atom. The number of fused-ring (bicyclic) bond motifs is 1. The Balaban J connectivity index is 1.02. The molecule has 6 aromatic rings. The number of nitro benzene ring substituents is 1. The average Bonchev–Trinajstić information content (AvgIpc) is 3.21. The number of nitrogens with one attached hydrogen (secondary N) is 2. The van der Waals surface area contributed by atoms with Crippen LogP contribution in [0.3, 0.4) is 0 Å². The zero-order chi connectivity index (χ0) is 39.1. The van der Waals surface area contributed by atoms with Gasteiger partial charge < -0.3 is 15.3 Å². The number of hydrogen-bond acceptors (Lipinski definition) is 11. The van der Waals surface area contributed by atoms with Crippen molar-refractivity contribution in [2.24, 2.45) is 0 Å². The van der Waals surface area contributed by atoms with E-state index in [1.165, 1.54) is 29.6 Å². The van der Waals surface area contributed by atoms with Crippen molar-refractivity contribution in [3.63, 3.8) is 0 Å². The Labute approximate surface area is 334 Å². The lowest BCUT2D eigenvalue weighted by Crippen LogP contribution is -2.46. The smallest absolute Gasteiger partial charge is 0.293 e. The van der Waals surface area contributed by atoms with Gasteiger partial charge in [-0.2, -0.15) is 0 Å². The van der Waals surface area contributed by atoms with Gasteiger partial charge in [-0.3, -0.25) is 19.7 Å². The summed E-state index contributed by atoms with van der Waals surface area (Å²) >= 11 is 7.68. The number of benzene rings is 5. The molecule has 7 rings (SSSR count). The predicted octanol–water partition coefficient (Wildman–Crippen LogP) is 7.94. The lowest BCUT2D eigenvalue weighted by atomic mass is 9.99. The van der Waals surface area contributed by atoms with Gasteiger partial charge in [-0.25, -0.2) is 18.4 Å². The van der Waals surface area contributed by atoms with E-state index in [9.17, 15) is 23.6 Å². The number of aliphatic hydroxyl groups is 1. The summed E-state index contributed by atoms with van der Waals surface area (Å²) in [5, 5.41) is 26.1. The molecule has 288 valence electrons. The maximum Gasteiger partial charge on any atom is 0.293 e. The third-order valence-corrected chi connectivity index (χ3v) is 12.4. The van der Waals surface area contributed by atoms with Crippen LogP contribution in [0.25, 0.3) is 22.0 Å². The first-order chi connectivity index (χ1) is 27.2. The summed E-state index contributed by atoms with van der Waals surface area (Å²) in [6.45, 7) is 4.02. The normalized spacial score (nSPS) is 14.1. The molecular weight excluding hydrogens is 770 g/mol. The Kier molecular flexibility index (Phi) is 12.3. The molecule has 0 aliphatic carbocycles. The average molecular weight is 810 g/mol. The number of halogens is 1. The largest absolute Gasteiger partial charge is 0.396 e. The number of aromatic nitrogens is 2. The van der Waals surface area contributed by atoms with Gasteiger partial charge in [-0.05, 0) is 77.7 Å². The first-order valence-electron chi connectivity index (χ1n) is 18.1. The lowest BCUT2D eigenvalue weighted by Gasteiger charge is -2.36. The highest BCUT2D eigenvalue weighted by molar-refractivity contribution is 7.99. The van der Waals surface area contributed by atoms with Crippen LogP contribution in [0.5, 0.6) is 0 Å². The van der Waals surface area contributed by atoms with E-state index in [1.54, 1.807) is 17.8 Å². The van der Waals surface area contributed by atoms with Gasteiger partial charge >= 0.3 is 0 Å². The van der Waals surface area contributed by atoms with Crippen LogP contribution in [0.1, 0.15) is 12.0 Å². The second-order valence-corrected chi connectivity index (χ2v) is 16.6. The van der Waals surface area contributed by atoms with Gasteiger partial charge in [0.05, 0.1) is 15.3 Å². The van der Waals surface area contributed by atoms with E-state index in [0.717, 1.165) is 54.9 Å². The minimum absolute atomic E-state index is 0.0662. The second-order valence-electron chi connectivity index (χ2n) is 13.4. The first-order valence-corrected chi connectivity index (χ1v) is 20.9. The Hall–Kier alpha value is -5.25. The van der Waals surface area contributed by atoms with Gasteiger partial charge in [0.15, 0.2) is 5.82 Å². The number of sulfonamides is 1. The molecule has 0 amide bonds. The van der Waals surface area contributed by atoms with Crippen molar-refractivity contribution in [1.82, 2.24) is 14.9 Å². The molecule has 0 bridgehead atoms. The predicted molar refractivity (Wildman–Crippen MR) is 224 cm³/mol. The van der Waals surface area contributed by atoms with Crippen molar-refractivity contribution < 1.29 is 18.4 Å². The highest BCUT2D eigenvalue weighted by atomic mass is 35.5. The minimum atomic E-state index is -4.29. The fourth-order valence-corrected chi connectivity index (χ4v) is 8.89. The third-order valence-electron chi connectivity index (χ3n) is 9.66. The molecule has 1 aliphatic heterocycles. The maximum absolute atomic E-state index is 13.6. The molecule has 5 aromatic carbocycles. The molecule has 1 atom stereocenters. The molecule has 1 aliphatic rings. The van der Waals surface area contributed by atoms with Crippen molar-refractivity contribution in [2.75, 3.05) is 53.5 Å².